The van der Waals surface area contributed by atoms with Crippen molar-refractivity contribution in [3.63, 3.8) is 0 Å². The molecule has 0 heterocycles. The lowest BCUT2D eigenvalue weighted by molar-refractivity contribution is 0.158. The van der Waals surface area contributed by atoms with Crippen LogP contribution in [-0.2, 0) is 0 Å². The van der Waals surface area contributed by atoms with Crippen LogP contribution in [0.2, 0.25) is 0 Å². The zero-order chi connectivity index (χ0) is 7.65. The Morgan fingerprint density at radius 2 is 1.56 bits per heavy atom. The van der Waals surface area contributed by atoms with Crippen molar-refractivity contribution < 1.29 is 0 Å². The molecule has 0 aliphatic heterocycles. The van der Waals surface area contributed by atoms with Gasteiger partial charge in [-0.2, -0.15) is 0 Å². The second kappa shape index (κ2) is 2.67. The predicted molar refractivity (Wildman–Crippen MR) is 41.1 cm³/mol. The first-order chi connectivity index (χ1) is 3.85. The molecule has 0 amide bonds. The van der Waals surface area contributed by atoms with E-state index in [9.17, 15) is 0 Å². The third-order valence-electron chi connectivity index (χ3n) is 1.44. The second-order valence-electron chi connectivity index (χ2n) is 3.77. The summed E-state index contributed by atoms with van der Waals surface area (Å²) in [5, 5.41) is 0. The molecule has 0 rings (SSSR count). The topological polar surface area (TPSA) is 29.3 Å². The Hall–Kier alpha value is -0.0800. The van der Waals surface area contributed by atoms with Crippen LogP contribution in [0.5, 0.6) is 0 Å². The van der Waals surface area contributed by atoms with E-state index in [1.165, 1.54) is 0 Å². The minimum atomic E-state index is 0.150. The van der Waals surface area contributed by atoms with Gasteiger partial charge in [-0.1, -0.05) is 20.8 Å². The highest BCUT2D eigenvalue weighted by atomic mass is 15.2. The van der Waals surface area contributed by atoms with Gasteiger partial charge in [0.1, 0.15) is 0 Å². The molecule has 0 aromatic heterocycles. The minimum Gasteiger partial charge on any atom is -0.315 e. The van der Waals surface area contributed by atoms with Gasteiger partial charge in [0.05, 0.1) is 6.17 Å². The average molecular weight is 130 g/mol. The summed E-state index contributed by atoms with van der Waals surface area (Å²) in [6.07, 6.45) is 0.150. The van der Waals surface area contributed by atoms with E-state index in [4.69, 9.17) is 5.73 Å². The quantitative estimate of drug-likeness (QED) is 0.534. The summed E-state index contributed by atoms with van der Waals surface area (Å²) in [6.45, 7) is 6.41. The van der Waals surface area contributed by atoms with Crippen molar-refractivity contribution in [2.45, 2.75) is 26.9 Å². The second-order valence-corrected chi connectivity index (χ2v) is 3.77. The normalized spacial score (nSPS) is 16.3. The van der Waals surface area contributed by atoms with E-state index in [-0.39, 0.29) is 11.6 Å². The van der Waals surface area contributed by atoms with Crippen molar-refractivity contribution in [3.8, 4) is 0 Å². The number of hydrogen-bond acceptors (Lipinski definition) is 2. The molecule has 0 radical (unpaired) electrons. The molecule has 2 nitrogen and oxygen atoms in total. The molecule has 2 N–H and O–H groups in total. The molecular formula is C7H18N2. The van der Waals surface area contributed by atoms with Crippen molar-refractivity contribution in [2.24, 2.45) is 11.1 Å². The molecule has 0 aromatic rings. The van der Waals surface area contributed by atoms with Gasteiger partial charge in [-0.3, -0.25) is 4.90 Å². The van der Waals surface area contributed by atoms with Gasteiger partial charge in [0.2, 0.25) is 0 Å². The summed E-state index contributed by atoms with van der Waals surface area (Å²) in [7, 11) is 3.99. The molecule has 0 saturated carbocycles. The van der Waals surface area contributed by atoms with Crippen LogP contribution < -0.4 is 5.73 Å². The molecule has 1 atom stereocenters. The van der Waals surface area contributed by atoms with Gasteiger partial charge in [-0.25, -0.2) is 0 Å². The van der Waals surface area contributed by atoms with Gasteiger partial charge < -0.3 is 5.73 Å². The molecule has 0 spiro atoms. The highest BCUT2D eigenvalue weighted by Gasteiger charge is 2.21. The Bertz CT molecular complexity index is 81.4. The molecule has 0 bridgehead atoms. The first-order valence-electron chi connectivity index (χ1n) is 3.27. The van der Waals surface area contributed by atoms with E-state index < -0.39 is 0 Å². The number of hydrogen-bond donors (Lipinski definition) is 1. The molecule has 0 unspecified atom stereocenters. The third-order valence-corrected chi connectivity index (χ3v) is 1.44. The fourth-order valence-corrected chi connectivity index (χ4v) is 0.775. The summed E-state index contributed by atoms with van der Waals surface area (Å²) in [5.74, 6) is 0. The summed E-state index contributed by atoms with van der Waals surface area (Å²) in [6, 6.07) is 0. The summed E-state index contributed by atoms with van der Waals surface area (Å²) >= 11 is 0. The first kappa shape index (κ1) is 8.92. The Morgan fingerprint density at radius 1 is 1.22 bits per heavy atom. The smallest absolute Gasteiger partial charge is 0.0616 e. The predicted octanol–water partition coefficient (Wildman–Crippen LogP) is 0.879. The molecule has 0 fully saturated rings. The van der Waals surface area contributed by atoms with Gasteiger partial charge in [0.25, 0.3) is 0 Å². The largest absolute Gasteiger partial charge is 0.315 e. The molecule has 0 aliphatic carbocycles. The van der Waals surface area contributed by atoms with Crippen LogP contribution in [0.25, 0.3) is 0 Å². The molecule has 0 aliphatic rings. The maximum Gasteiger partial charge on any atom is 0.0616 e. The number of nitrogens with two attached hydrogens (primary N) is 1. The minimum absolute atomic E-state index is 0.150. The van der Waals surface area contributed by atoms with E-state index >= 15 is 0 Å². The van der Waals surface area contributed by atoms with Crippen LogP contribution in [-0.4, -0.2) is 25.2 Å². The highest BCUT2D eigenvalue weighted by Crippen LogP contribution is 2.17. The summed E-state index contributed by atoms with van der Waals surface area (Å²) < 4.78 is 0. The van der Waals surface area contributed by atoms with Crippen LogP contribution >= 0.6 is 0 Å². The van der Waals surface area contributed by atoms with Crippen molar-refractivity contribution >= 4 is 0 Å². The van der Waals surface area contributed by atoms with Crippen LogP contribution in [0, 0.1) is 5.41 Å². The Kier molecular flexibility index (Phi) is 2.65. The fourth-order valence-electron chi connectivity index (χ4n) is 0.775. The molecule has 56 valence electrons. The highest BCUT2D eigenvalue weighted by molar-refractivity contribution is 4.73. The van der Waals surface area contributed by atoms with Crippen molar-refractivity contribution in [3.05, 3.63) is 0 Å². The van der Waals surface area contributed by atoms with Crippen LogP contribution in [0.4, 0.5) is 0 Å². The standard InChI is InChI=1S/C7H18N2/c1-7(2,3)6(8)9(4)5/h6H,8H2,1-5H3/t6-/m1/s1. The van der Waals surface area contributed by atoms with E-state index in [0.717, 1.165) is 0 Å². The summed E-state index contributed by atoms with van der Waals surface area (Å²) in [5.41, 5.74) is 6.00. The number of nitrogens with zero attached hydrogens (tertiary/aromatic N) is 1. The fraction of sp³-hybridized carbons (Fsp3) is 1.00. The zero-order valence-electron chi connectivity index (χ0n) is 7.10. The van der Waals surface area contributed by atoms with Gasteiger partial charge in [0.15, 0.2) is 0 Å². The first-order valence-corrected chi connectivity index (χ1v) is 3.27. The van der Waals surface area contributed by atoms with Gasteiger partial charge in [-0.05, 0) is 19.5 Å². The maximum absolute atomic E-state index is 5.82. The maximum atomic E-state index is 5.82. The van der Waals surface area contributed by atoms with Gasteiger partial charge >= 0.3 is 0 Å². The van der Waals surface area contributed by atoms with E-state index in [0.29, 0.717) is 0 Å². The molecule has 2 heteroatoms. The molecule has 9 heavy (non-hydrogen) atoms. The third kappa shape index (κ3) is 2.82. The average Bonchev–Trinajstić information content (AvgIpc) is 1.62. The lowest BCUT2D eigenvalue weighted by Crippen LogP contribution is -2.46. The van der Waals surface area contributed by atoms with Gasteiger partial charge in [-0.15, -0.1) is 0 Å². The van der Waals surface area contributed by atoms with Crippen LogP contribution in [0.15, 0.2) is 0 Å². The van der Waals surface area contributed by atoms with E-state index in [1.807, 2.05) is 19.0 Å². The monoisotopic (exact) mass is 130 g/mol. The number of rotatable bonds is 1. The van der Waals surface area contributed by atoms with Crippen LogP contribution in [0.1, 0.15) is 20.8 Å². The lowest BCUT2D eigenvalue weighted by Gasteiger charge is -2.32. The SMILES string of the molecule is CN(C)[C@@H](N)C(C)(C)C. The van der Waals surface area contributed by atoms with Crippen LogP contribution in [0.3, 0.4) is 0 Å². The van der Waals surface area contributed by atoms with Crippen molar-refractivity contribution in [1.82, 2.24) is 4.90 Å². The lowest BCUT2D eigenvalue weighted by atomic mass is 9.92. The Labute approximate surface area is 58.0 Å². The van der Waals surface area contributed by atoms with Crippen molar-refractivity contribution in [2.75, 3.05) is 14.1 Å². The zero-order valence-corrected chi connectivity index (χ0v) is 7.10. The van der Waals surface area contributed by atoms with Gasteiger partial charge in [0, 0.05) is 0 Å². The van der Waals surface area contributed by atoms with E-state index in [1.54, 1.807) is 0 Å². The van der Waals surface area contributed by atoms with E-state index in [2.05, 4.69) is 20.8 Å². The molecule has 0 saturated heterocycles. The Balaban J connectivity index is 3.88. The van der Waals surface area contributed by atoms with Crippen molar-refractivity contribution in [1.29, 1.82) is 0 Å². The summed E-state index contributed by atoms with van der Waals surface area (Å²) in [4.78, 5) is 2.03. The molecule has 0 aromatic carbocycles. The molecular weight excluding hydrogens is 112 g/mol. The Morgan fingerprint density at radius 3 is 1.56 bits per heavy atom.